The Kier molecular flexibility index (Phi) is 9.26. The average Bonchev–Trinajstić information content (AvgIpc) is 3.17. The summed E-state index contributed by atoms with van der Waals surface area (Å²) < 4.78 is 0. The topological polar surface area (TPSA) is 80.3 Å². The first kappa shape index (κ1) is 29.9. The zero-order valence-electron chi connectivity index (χ0n) is 26.0. The van der Waals surface area contributed by atoms with Crippen molar-refractivity contribution in [3.05, 3.63) is 89.5 Å². The largest absolute Gasteiger partial charge is 0.371 e. The molecule has 0 bridgehead atoms. The van der Waals surface area contributed by atoms with Crippen LogP contribution in [0, 0.1) is 6.92 Å². The summed E-state index contributed by atoms with van der Waals surface area (Å²) in [5.41, 5.74) is 6.25. The van der Waals surface area contributed by atoms with Crippen molar-refractivity contribution < 1.29 is 9.59 Å². The number of hydrogen-bond donors (Lipinski definition) is 2. The molecule has 3 heterocycles. The number of carbonyl (C=O) groups is 2. The van der Waals surface area contributed by atoms with Crippen molar-refractivity contribution in [2.75, 3.05) is 47.8 Å². The number of aliphatic imine (C=N–C) groups is 1. The van der Waals surface area contributed by atoms with Crippen LogP contribution in [0.4, 0.5) is 21.9 Å². The van der Waals surface area contributed by atoms with Crippen molar-refractivity contribution in [3.8, 4) is 0 Å². The Morgan fingerprint density at radius 1 is 0.886 bits per heavy atom. The van der Waals surface area contributed by atoms with Crippen molar-refractivity contribution in [2.24, 2.45) is 4.99 Å². The first-order chi connectivity index (χ1) is 21.5. The maximum atomic E-state index is 13.8. The highest BCUT2D eigenvalue weighted by Gasteiger charge is 2.33. The Labute approximate surface area is 261 Å². The highest BCUT2D eigenvalue weighted by molar-refractivity contribution is 6.20. The summed E-state index contributed by atoms with van der Waals surface area (Å²) in [6.45, 7) is 9.22. The summed E-state index contributed by atoms with van der Waals surface area (Å²) in [5.74, 6) is -0.250. The van der Waals surface area contributed by atoms with Crippen LogP contribution in [0.15, 0.2) is 77.8 Å². The number of nitrogens with zero attached hydrogens (tertiary/aromatic N) is 4. The number of rotatable bonds is 7. The van der Waals surface area contributed by atoms with E-state index in [4.69, 9.17) is 4.99 Å². The number of fused-ring (bicyclic) bond motifs is 1. The van der Waals surface area contributed by atoms with Crippen LogP contribution >= 0.6 is 0 Å². The molecular formula is C36H44N6O2. The van der Waals surface area contributed by atoms with E-state index in [2.05, 4.69) is 32.6 Å². The predicted molar refractivity (Wildman–Crippen MR) is 179 cm³/mol. The van der Waals surface area contributed by atoms with Gasteiger partial charge in [0.15, 0.2) is 0 Å². The molecule has 3 amide bonds. The molecule has 3 aliphatic heterocycles. The second kappa shape index (κ2) is 13.6. The van der Waals surface area contributed by atoms with Crippen LogP contribution in [-0.4, -0.2) is 67.5 Å². The van der Waals surface area contributed by atoms with Crippen molar-refractivity contribution in [1.82, 2.24) is 10.2 Å². The van der Waals surface area contributed by atoms with E-state index in [1.807, 2.05) is 74.5 Å². The van der Waals surface area contributed by atoms with Crippen LogP contribution in [0.2, 0.25) is 0 Å². The summed E-state index contributed by atoms with van der Waals surface area (Å²) in [6.07, 6.45) is 6.15. The minimum atomic E-state index is -1.06. The molecule has 2 fully saturated rings. The van der Waals surface area contributed by atoms with E-state index < -0.39 is 12.2 Å². The first-order valence-corrected chi connectivity index (χ1v) is 16.2. The molecule has 3 aromatic rings. The lowest BCUT2D eigenvalue weighted by Crippen LogP contribution is -2.48. The van der Waals surface area contributed by atoms with Gasteiger partial charge in [0.1, 0.15) is 0 Å². The summed E-state index contributed by atoms with van der Waals surface area (Å²) >= 11 is 0. The van der Waals surface area contributed by atoms with Gasteiger partial charge in [-0.3, -0.25) is 4.79 Å². The van der Waals surface area contributed by atoms with E-state index >= 15 is 0 Å². The molecule has 0 saturated carbocycles. The molecular weight excluding hydrogens is 548 g/mol. The van der Waals surface area contributed by atoms with Gasteiger partial charge in [-0.1, -0.05) is 61.4 Å². The normalized spacial score (nSPS) is 19.6. The smallest absolute Gasteiger partial charge is 0.321 e. The van der Waals surface area contributed by atoms with E-state index in [-0.39, 0.29) is 5.91 Å². The molecule has 2 saturated heterocycles. The lowest BCUT2D eigenvalue weighted by molar-refractivity contribution is -0.120. The molecule has 0 aliphatic carbocycles. The number of para-hydroxylation sites is 1. The Morgan fingerprint density at radius 2 is 1.59 bits per heavy atom. The van der Waals surface area contributed by atoms with Crippen LogP contribution in [0.25, 0.3) is 0 Å². The van der Waals surface area contributed by atoms with E-state index in [9.17, 15) is 9.59 Å². The quantitative estimate of drug-likeness (QED) is 0.343. The second-order valence-electron chi connectivity index (χ2n) is 12.2. The van der Waals surface area contributed by atoms with Crippen molar-refractivity contribution in [1.29, 1.82) is 0 Å². The minimum absolute atomic E-state index is 0.250. The van der Waals surface area contributed by atoms with Gasteiger partial charge < -0.3 is 25.3 Å². The summed E-state index contributed by atoms with van der Waals surface area (Å²) in [4.78, 5) is 38.8. The highest BCUT2D eigenvalue weighted by Crippen LogP contribution is 2.29. The van der Waals surface area contributed by atoms with Crippen molar-refractivity contribution >= 4 is 34.7 Å². The van der Waals surface area contributed by atoms with Gasteiger partial charge in [0.25, 0.3) is 5.91 Å². The third-order valence-corrected chi connectivity index (χ3v) is 9.11. The Balaban J connectivity index is 1.14. The molecule has 230 valence electrons. The molecule has 3 aliphatic rings. The number of likely N-dealkylation sites (tertiary alicyclic amines) is 1. The van der Waals surface area contributed by atoms with Crippen LogP contribution in [0.5, 0.6) is 0 Å². The second-order valence-corrected chi connectivity index (χ2v) is 12.2. The molecule has 0 radical (unpaired) electrons. The molecule has 2 N–H and O–H groups in total. The Bertz CT molecular complexity index is 1470. The Hall–Kier alpha value is -4.17. The standard InChI is InChI=1S/C36H44N6O2/c1-3-21-42-32-10-6-5-9-31(32)33(27-13-11-26(2)12-14-27)38-34(35(42)43)39-36(44)37-28-15-17-29(18-16-28)41-24-19-30(20-25-41)40-22-7-4-8-23-40/h5-6,9-18,30,34H,3-4,7-8,19-25H2,1-2H3,(H2,37,39,44)/t34-/m0/s1. The van der Waals surface area contributed by atoms with Gasteiger partial charge >= 0.3 is 6.03 Å². The molecule has 0 aromatic heterocycles. The SMILES string of the molecule is CCCN1C(=O)[C@H](NC(=O)Nc2ccc(N3CCC(N4CCCCC4)CC3)cc2)N=C(c2ccc(C)cc2)c2ccccc21. The number of benzodiazepines with no additional fused rings is 1. The fraction of sp³-hybridized carbons (Fsp3) is 0.417. The lowest BCUT2D eigenvalue weighted by atomic mass is 9.99. The number of nitrogens with one attached hydrogen (secondary N) is 2. The van der Waals surface area contributed by atoms with Crippen LogP contribution in [-0.2, 0) is 4.79 Å². The van der Waals surface area contributed by atoms with Gasteiger partial charge in [-0.15, -0.1) is 0 Å². The van der Waals surface area contributed by atoms with Gasteiger partial charge in [0.2, 0.25) is 6.17 Å². The maximum Gasteiger partial charge on any atom is 0.321 e. The number of amides is 3. The van der Waals surface area contributed by atoms with Crippen LogP contribution in [0.3, 0.4) is 0 Å². The maximum absolute atomic E-state index is 13.8. The number of benzene rings is 3. The zero-order chi connectivity index (χ0) is 30.5. The number of carbonyl (C=O) groups excluding carboxylic acids is 2. The summed E-state index contributed by atoms with van der Waals surface area (Å²) in [7, 11) is 0. The van der Waals surface area contributed by atoms with Crippen molar-refractivity contribution in [3.63, 3.8) is 0 Å². The fourth-order valence-electron chi connectivity index (χ4n) is 6.74. The summed E-state index contributed by atoms with van der Waals surface area (Å²) in [6, 6.07) is 24.2. The number of piperidine rings is 2. The van der Waals surface area contributed by atoms with E-state index in [1.54, 1.807) is 4.90 Å². The average molecular weight is 593 g/mol. The van der Waals surface area contributed by atoms with Crippen molar-refractivity contribution in [2.45, 2.75) is 64.6 Å². The third kappa shape index (κ3) is 6.65. The lowest BCUT2D eigenvalue weighted by Gasteiger charge is -2.41. The molecule has 0 spiro atoms. The molecule has 1 atom stereocenters. The van der Waals surface area contributed by atoms with Crippen LogP contribution < -0.4 is 20.4 Å². The minimum Gasteiger partial charge on any atom is -0.371 e. The Morgan fingerprint density at radius 3 is 2.30 bits per heavy atom. The molecule has 44 heavy (non-hydrogen) atoms. The highest BCUT2D eigenvalue weighted by atomic mass is 16.2. The number of hydrogen-bond acceptors (Lipinski definition) is 5. The van der Waals surface area contributed by atoms with Crippen LogP contribution in [0.1, 0.15) is 62.1 Å². The van der Waals surface area contributed by atoms with E-state index in [0.29, 0.717) is 24.0 Å². The molecule has 8 nitrogen and oxygen atoms in total. The van der Waals surface area contributed by atoms with Gasteiger partial charge in [0, 0.05) is 48.2 Å². The van der Waals surface area contributed by atoms with Gasteiger partial charge in [-0.05, 0) is 82.4 Å². The molecule has 8 heteroatoms. The number of urea groups is 1. The van der Waals surface area contributed by atoms with E-state index in [1.165, 1.54) is 50.9 Å². The summed E-state index contributed by atoms with van der Waals surface area (Å²) in [5, 5.41) is 5.79. The van der Waals surface area contributed by atoms with E-state index in [0.717, 1.165) is 41.9 Å². The third-order valence-electron chi connectivity index (χ3n) is 9.11. The first-order valence-electron chi connectivity index (χ1n) is 16.2. The zero-order valence-corrected chi connectivity index (χ0v) is 26.0. The number of anilines is 3. The molecule has 6 rings (SSSR count). The molecule has 3 aromatic carbocycles. The van der Waals surface area contributed by atoms with Gasteiger partial charge in [0.05, 0.1) is 11.4 Å². The number of aryl methyl sites for hydroxylation is 1. The predicted octanol–water partition coefficient (Wildman–Crippen LogP) is 6.19. The monoisotopic (exact) mass is 592 g/mol. The fourth-order valence-corrected chi connectivity index (χ4v) is 6.74. The van der Waals surface area contributed by atoms with Gasteiger partial charge in [-0.2, -0.15) is 0 Å². The van der Waals surface area contributed by atoms with Gasteiger partial charge in [-0.25, -0.2) is 9.79 Å². The molecule has 0 unspecified atom stereocenters.